The van der Waals surface area contributed by atoms with Gasteiger partial charge in [0.05, 0.1) is 14.7 Å². The van der Waals surface area contributed by atoms with Crippen molar-refractivity contribution in [2.75, 3.05) is 23.7 Å². The number of aromatic nitrogens is 3. The Morgan fingerprint density at radius 1 is 0.882 bits per heavy atom. The average Bonchev–Trinajstić information content (AvgIpc) is 2.79. The summed E-state index contributed by atoms with van der Waals surface area (Å²) in [5.41, 5.74) is -0.522. The second-order valence-corrected chi connectivity index (χ2v) is 8.84. The smallest absolute Gasteiger partial charge is 0.280 e. The molecule has 0 spiro atoms. The van der Waals surface area contributed by atoms with Gasteiger partial charge in [0.25, 0.3) is 11.4 Å². The molecule has 0 aliphatic rings. The first-order chi connectivity index (χ1) is 16.1. The van der Waals surface area contributed by atoms with E-state index in [4.69, 9.17) is 0 Å². The first-order valence-electron chi connectivity index (χ1n) is 9.77. The summed E-state index contributed by atoms with van der Waals surface area (Å²) in [5, 5.41) is 36.2. The van der Waals surface area contributed by atoms with Crippen molar-refractivity contribution in [3.8, 4) is 0 Å². The van der Waals surface area contributed by atoms with Gasteiger partial charge in [0, 0.05) is 31.4 Å². The van der Waals surface area contributed by atoms with Crippen molar-refractivity contribution < 1.29 is 18.3 Å². The van der Waals surface area contributed by atoms with Crippen LogP contribution in [0.15, 0.2) is 47.5 Å². The summed E-state index contributed by atoms with van der Waals surface area (Å²) in [6.45, 7) is 3.10. The topological polar surface area (TPSA) is 195 Å². The molecule has 178 valence electrons. The number of hydrogen-bond donors (Lipinski definition) is 3. The SMILES string of the molecule is Cc1ccc(Nc2ccc(NCCNS(=O)(=O)c3cc([N+](=O)[O-])c(C)c([N+](=O)[O-])c3)nn2)nc1. The molecular weight excluding hydrogens is 468 g/mol. The van der Waals surface area contributed by atoms with E-state index in [1.165, 1.54) is 6.92 Å². The highest BCUT2D eigenvalue weighted by molar-refractivity contribution is 7.89. The number of anilines is 3. The summed E-state index contributed by atoms with van der Waals surface area (Å²) in [4.78, 5) is 24.2. The molecule has 0 saturated heterocycles. The lowest BCUT2D eigenvalue weighted by Gasteiger charge is -2.09. The molecule has 2 aromatic heterocycles. The lowest BCUT2D eigenvalue weighted by Crippen LogP contribution is -2.29. The van der Waals surface area contributed by atoms with Crippen LogP contribution in [0, 0.1) is 34.1 Å². The van der Waals surface area contributed by atoms with Crippen LogP contribution in [0.2, 0.25) is 0 Å². The van der Waals surface area contributed by atoms with Gasteiger partial charge in [-0.25, -0.2) is 18.1 Å². The molecule has 2 heterocycles. The van der Waals surface area contributed by atoms with Crippen LogP contribution >= 0.6 is 0 Å². The molecule has 0 amide bonds. The summed E-state index contributed by atoms with van der Waals surface area (Å²) in [6, 6.07) is 8.56. The Morgan fingerprint density at radius 3 is 2.00 bits per heavy atom. The summed E-state index contributed by atoms with van der Waals surface area (Å²) in [7, 11) is -4.24. The molecule has 0 unspecified atom stereocenters. The molecule has 3 rings (SSSR count). The Morgan fingerprint density at radius 2 is 1.47 bits per heavy atom. The molecule has 0 saturated carbocycles. The van der Waals surface area contributed by atoms with E-state index in [9.17, 15) is 28.6 Å². The zero-order valence-electron chi connectivity index (χ0n) is 18.0. The van der Waals surface area contributed by atoms with Crippen LogP contribution in [-0.4, -0.2) is 46.5 Å². The number of hydrogen-bond acceptors (Lipinski definition) is 11. The summed E-state index contributed by atoms with van der Waals surface area (Å²) >= 11 is 0. The lowest BCUT2D eigenvalue weighted by atomic mass is 10.1. The predicted molar refractivity (Wildman–Crippen MR) is 122 cm³/mol. The molecule has 0 atom stereocenters. The van der Waals surface area contributed by atoms with Crippen molar-refractivity contribution in [2.24, 2.45) is 0 Å². The predicted octanol–water partition coefficient (Wildman–Crippen LogP) is 2.44. The summed E-state index contributed by atoms with van der Waals surface area (Å²) < 4.78 is 27.3. The maximum absolute atomic E-state index is 12.5. The minimum absolute atomic E-state index is 0.107. The van der Waals surface area contributed by atoms with Gasteiger partial charge < -0.3 is 10.6 Å². The normalized spacial score (nSPS) is 11.1. The van der Waals surface area contributed by atoms with Gasteiger partial charge in [-0.2, -0.15) is 0 Å². The van der Waals surface area contributed by atoms with Gasteiger partial charge in [-0.05, 0) is 37.6 Å². The summed E-state index contributed by atoms with van der Waals surface area (Å²) in [5.74, 6) is 1.44. The van der Waals surface area contributed by atoms with Gasteiger partial charge in [-0.1, -0.05) is 6.07 Å². The van der Waals surface area contributed by atoms with Crippen LogP contribution in [0.4, 0.5) is 28.8 Å². The van der Waals surface area contributed by atoms with Crippen LogP contribution in [-0.2, 0) is 10.0 Å². The van der Waals surface area contributed by atoms with Crippen molar-refractivity contribution in [1.29, 1.82) is 0 Å². The quantitative estimate of drug-likeness (QED) is 0.215. The molecule has 15 heteroatoms. The molecule has 14 nitrogen and oxygen atoms in total. The Kier molecular flexibility index (Phi) is 7.28. The fraction of sp³-hybridized carbons (Fsp3) is 0.211. The van der Waals surface area contributed by atoms with Crippen molar-refractivity contribution >= 4 is 38.9 Å². The monoisotopic (exact) mass is 488 g/mol. The highest BCUT2D eigenvalue weighted by Gasteiger charge is 2.27. The fourth-order valence-electron chi connectivity index (χ4n) is 2.82. The number of nitro groups is 2. The second-order valence-electron chi connectivity index (χ2n) is 7.07. The van der Waals surface area contributed by atoms with Crippen LogP contribution in [0.1, 0.15) is 11.1 Å². The van der Waals surface area contributed by atoms with Crippen molar-refractivity contribution in [1.82, 2.24) is 19.9 Å². The standard InChI is InChI=1S/C19H20N8O6S/c1-12-3-4-17(21-11-12)23-19-6-5-18(24-25-19)20-7-8-22-34(32,33)14-9-15(26(28)29)13(2)16(10-14)27(30)31/h3-6,9-11,22H,7-8H2,1-2H3,(H,20,24)(H,21,23,25). The average molecular weight is 488 g/mol. The second kappa shape index (κ2) is 10.1. The van der Waals surface area contributed by atoms with Crippen molar-refractivity contribution in [3.63, 3.8) is 0 Å². The number of nitrogens with zero attached hydrogens (tertiary/aromatic N) is 5. The fourth-order valence-corrected chi connectivity index (χ4v) is 3.89. The first kappa shape index (κ1) is 24.4. The number of nitrogens with one attached hydrogen (secondary N) is 3. The van der Waals surface area contributed by atoms with Crippen LogP contribution in [0.25, 0.3) is 0 Å². The summed E-state index contributed by atoms with van der Waals surface area (Å²) in [6.07, 6.45) is 1.71. The van der Waals surface area contributed by atoms with E-state index in [2.05, 4.69) is 30.5 Å². The van der Waals surface area contributed by atoms with Crippen LogP contribution in [0.5, 0.6) is 0 Å². The highest BCUT2D eigenvalue weighted by atomic mass is 32.2. The zero-order chi connectivity index (χ0) is 24.9. The van der Waals surface area contributed by atoms with Gasteiger partial charge in [0.1, 0.15) is 17.2 Å². The van der Waals surface area contributed by atoms with Gasteiger partial charge in [0.2, 0.25) is 10.0 Å². The van der Waals surface area contributed by atoms with Crippen LogP contribution in [0.3, 0.4) is 0 Å². The van der Waals surface area contributed by atoms with E-state index < -0.39 is 36.1 Å². The van der Waals surface area contributed by atoms with Gasteiger partial charge in [-0.15, -0.1) is 10.2 Å². The molecule has 0 aliphatic carbocycles. The molecule has 0 fully saturated rings. The Labute approximate surface area is 193 Å². The van der Waals surface area contributed by atoms with Gasteiger partial charge in [-0.3, -0.25) is 20.2 Å². The number of benzene rings is 1. The molecule has 0 radical (unpaired) electrons. The van der Waals surface area contributed by atoms with E-state index in [0.717, 1.165) is 17.7 Å². The van der Waals surface area contributed by atoms with Gasteiger partial charge in [0.15, 0.2) is 5.82 Å². The highest BCUT2D eigenvalue weighted by Crippen LogP contribution is 2.31. The van der Waals surface area contributed by atoms with E-state index in [-0.39, 0.29) is 18.7 Å². The minimum atomic E-state index is -4.24. The molecule has 0 bridgehead atoms. The molecule has 3 N–H and O–H groups in total. The molecule has 34 heavy (non-hydrogen) atoms. The Hall–Kier alpha value is -4.24. The number of sulfonamides is 1. The van der Waals surface area contributed by atoms with E-state index >= 15 is 0 Å². The van der Waals surface area contributed by atoms with Crippen molar-refractivity contribution in [2.45, 2.75) is 18.7 Å². The van der Waals surface area contributed by atoms with Crippen molar-refractivity contribution in [3.05, 3.63) is 74.0 Å². The maximum atomic E-state index is 12.5. The Bertz CT molecular complexity index is 1280. The molecular formula is C19H20N8O6S. The largest absolute Gasteiger partial charge is 0.367 e. The molecule has 0 aliphatic heterocycles. The number of pyridine rings is 1. The minimum Gasteiger partial charge on any atom is -0.367 e. The van der Waals surface area contributed by atoms with E-state index in [1.807, 2.05) is 13.0 Å². The molecule has 3 aromatic rings. The third-order valence-electron chi connectivity index (χ3n) is 4.59. The number of aryl methyl sites for hydroxylation is 1. The van der Waals surface area contributed by atoms with E-state index in [1.54, 1.807) is 24.4 Å². The van der Waals surface area contributed by atoms with E-state index in [0.29, 0.717) is 17.5 Å². The maximum Gasteiger partial charge on any atom is 0.280 e. The first-order valence-corrected chi connectivity index (χ1v) is 11.3. The number of nitro benzene ring substituents is 2. The third-order valence-corrected chi connectivity index (χ3v) is 6.03. The molecule has 1 aromatic carbocycles. The lowest BCUT2D eigenvalue weighted by molar-refractivity contribution is -0.395. The van der Waals surface area contributed by atoms with Gasteiger partial charge >= 0.3 is 0 Å². The number of rotatable bonds is 10. The zero-order valence-corrected chi connectivity index (χ0v) is 18.9. The Balaban J connectivity index is 1.59. The third kappa shape index (κ3) is 5.96. The van der Waals surface area contributed by atoms with Crippen LogP contribution < -0.4 is 15.4 Å².